The minimum atomic E-state index is -0.926. The van der Waals surface area contributed by atoms with Crippen molar-refractivity contribution in [2.45, 2.75) is 25.3 Å². The highest BCUT2D eigenvalue weighted by molar-refractivity contribution is 5.85. The third-order valence-corrected chi connectivity index (χ3v) is 3.30. The maximum atomic E-state index is 11.8. The lowest BCUT2D eigenvalue weighted by Crippen LogP contribution is -2.43. The zero-order valence-corrected chi connectivity index (χ0v) is 9.32. The first-order chi connectivity index (χ1) is 8.13. The van der Waals surface area contributed by atoms with Crippen molar-refractivity contribution in [3.05, 3.63) is 10.4 Å². The maximum absolute atomic E-state index is 11.8. The van der Waals surface area contributed by atoms with Crippen LogP contribution in [-0.2, 0) is 9.59 Å². The summed E-state index contributed by atoms with van der Waals surface area (Å²) in [6.07, 6.45) is 2.04. The lowest BCUT2D eigenvalue weighted by Gasteiger charge is -2.24. The number of azide groups is 1. The van der Waals surface area contributed by atoms with Gasteiger partial charge in [0.1, 0.15) is 6.04 Å². The van der Waals surface area contributed by atoms with Crippen LogP contribution in [0.4, 0.5) is 0 Å². The fourth-order valence-electron chi connectivity index (χ4n) is 2.35. The fourth-order valence-corrected chi connectivity index (χ4v) is 2.35. The lowest BCUT2D eigenvalue weighted by molar-refractivity contribution is -0.149. The first-order valence-corrected chi connectivity index (χ1v) is 5.66. The number of hydrogen-bond donors (Lipinski definition) is 1. The topological polar surface area (TPSA) is 106 Å². The number of carbonyl (C=O) groups excluding carboxylic acids is 1. The molecule has 1 saturated carbocycles. The van der Waals surface area contributed by atoms with Crippen molar-refractivity contribution >= 4 is 11.9 Å². The van der Waals surface area contributed by atoms with E-state index in [1.807, 2.05) is 0 Å². The van der Waals surface area contributed by atoms with Gasteiger partial charge in [-0.05, 0) is 30.2 Å². The Morgan fingerprint density at radius 1 is 1.65 bits per heavy atom. The van der Waals surface area contributed by atoms with Crippen molar-refractivity contribution in [2.24, 2.45) is 17.0 Å². The van der Waals surface area contributed by atoms with E-state index in [0.29, 0.717) is 6.54 Å². The third-order valence-electron chi connectivity index (χ3n) is 3.30. The van der Waals surface area contributed by atoms with E-state index in [4.69, 9.17) is 10.6 Å². The molecule has 2 unspecified atom stereocenters. The van der Waals surface area contributed by atoms with E-state index in [9.17, 15) is 9.59 Å². The van der Waals surface area contributed by atoms with Crippen LogP contribution in [0.1, 0.15) is 19.3 Å². The van der Waals surface area contributed by atoms with E-state index in [1.54, 1.807) is 0 Å². The molecule has 1 aliphatic heterocycles. The Balaban J connectivity index is 2.03. The lowest BCUT2D eigenvalue weighted by atomic mass is 10.1. The Morgan fingerprint density at radius 2 is 2.35 bits per heavy atom. The molecule has 7 heteroatoms. The van der Waals surface area contributed by atoms with Crippen LogP contribution in [0, 0.1) is 11.8 Å². The molecule has 0 aromatic rings. The average Bonchev–Trinajstić information content (AvgIpc) is 3.02. The Morgan fingerprint density at radius 3 is 2.88 bits per heavy atom. The molecule has 2 aliphatic rings. The molecule has 2 fully saturated rings. The quantitative estimate of drug-likeness (QED) is 0.438. The third kappa shape index (κ3) is 2.50. The van der Waals surface area contributed by atoms with Crippen molar-refractivity contribution < 1.29 is 14.7 Å². The molecular weight excluding hydrogens is 224 g/mol. The van der Waals surface area contributed by atoms with Gasteiger partial charge in [0, 0.05) is 24.4 Å². The summed E-state index contributed by atoms with van der Waals surface area (Å²) >= 11 is 0. The van der Waals surface area contributed by atoms with Gasteiger partial charge in [-0.3, -0.25) is 4.79 Å². The summed E-state index contributed by atoms with van der Waals surface area (Å²) in [5.41, 5.74) is 8.22. The first kappa shape index (κ1) is 11.7. The Hall–Kier alpha value is -1.75. The zero-order chi connectivity index (χ0) is 12.4. The van der Waals surface area contributed by atoms with Gasteiger partial charge in [0.05, 0.1) is 0 Å². The molecule has 92 valence electrons. The molecule has 1 saturated heterocycles. The molecule has 1 N–H and O–H groups in total. The second-order valence-electron chi connectivity index (χ2n) is 4.65. The molecule has 2 atom stereocenters. The predicted molar refractivity (Wildman–Crippen MR) is 58.0 cm³/mol. The summed E-state index contributed by atoms with van der Waals surface area (Å²) in [6.45, 7) is 0.654. The molecule has 1 amide bonds. The van der Waals surface area contributed by atoms with E-state index in [1.165, 1.54) is 4.90 Å². The van der Waals surface area contributed by atoms with E-state index in [0.717, 1.165) is 12.8 Å². The largest absolute Gasteiger partial charge is 0.480 e. The van der Waals surface area contributed by atoms with Crippen LogP contribution < -0.4 is 0 Å². The van der Waals surface area contributed by atoms with Crippen LogP contribution >= 0.6 is 0 Å². The molecule has 17 heavy (non-hydrogen) atoms. The van der Waals surface area contributed by atoms with Gasteiger partial charge >= 0.3 is 5.97 Å². The fraction of sp³-hybridized carbons (Fsp3) is 0.800. The number of carbonyl (C=O) groups is 2. The molecule has 0 radical (unpaired) electrons. The SMILES string of the molecule is [N-]=[N+]=NCC1CC(=O)N(C(C(=O)O)C2CC2)C1. The van der Waals surface area contributed by atoms with Gasteiger partial charge in [-0.2, -0.15) is 0 Å². The number of nitrogens with zero attached hydrogens (tertiary/aromatic N) is 4. The van der Waals surface area contributed by atoms with Gasteiger partial charge in [-0.25, -0.2) is 4.79 Å². The number of carboxylic acids is 1. The highest BCUT2D eigenvalue weighted by atomic mass is 16.4. The summed E-state index contributed by atoms with van der Waals surface area (Å²) in [5.74, 6) is -0.999. The molecule has 2 rings (SSSR count). The average molecular weight is 238 g/mol. The summed E-state index contributed by atoms with van der Waals surface area (Å²) in [5, 5.41) is 12.6. The number of rotatable bonds is 5. The molecule has 0 aromatic heterocycles. The van der Waals surface area contributed by atoms with E-state index in [-0.39, 0.29) is 30.7 Å². The number of hydrogen-bond acceptors (Lipinski definition) is 3. The van der Waals surface area contributed by atoms with Crippen LogP contribution in [0.2, 0.25) is 0 Å². The van der Waals surface area contributed by atoms with Gasteiger partial charge in [-0.1, -0.05) is 5.11 Å². The van der Waals surface area contributed by atoms with Crippen molar-refractivity contribution in [1.29, 1.82) is 0 Å². The second-order valence-corrected chi connectivity index (χ2v) is 4.65. The minimum absolute atomic E-state index is 0.0426. The van der Waals surface area contributed by atoms with Crippen LogP contribution in [0.15, 0.2) is 5.11 Å². The van der Waals surface area contributed by atoms with Crippen LogP contribution in [0.5, 0.6) is 0 Å². The predicted octanol–water partition coefficient (Wildman–Crippen LogP) is 1.01. The summed E-state index contributed by atoms with van der Waals surface area (Å²) in [7, 11) is 0. The van der Waals surface area contributed by atoms with Crippen LogP contribution in [0.25, 0.3) is 10.4 Å². The molecule has 1 heterocycles. The second kappa shape index (κ2) is 4.63. The normalized spacial score (nSPS) is 25.5. The van der Waals surface area contributed by atoms with Crippen molar-refractivity contribution in [1.82, 2.24) is 4.90 Å². The zero-order valence-electron chi connectivity index (χ0n) is 9.32. The monoisotopic (exact) mass is 238 g/mol. The number of carboxylic acid groups (broad SMARTS) is 1. The van der Waals surface area contributed by atoms with Crippen molar-refractivity contribution in [3.8, 4) is 0 Å². The summed E-state index contributed by atoms with van der Waals surface area (Å²) < 4.78 is 0. The van der Waals surface area contributed by atoms with E-state index in [2.05, 4.69) is 10.0 Å². The minimum Gasteiger partial charge on any atom is -0.480 e. The number of amides is 1. The van der Waals surface area contributed by atoms with Gasteiger partial charge in [0.25, 0.3) is 0 Å². The number of likely N-dealkylation sites (tertiary alicyclic amines) is 1. The maximum Gasteiger partial charge on any atom is 0.326 e. The smallest absolute Gasteiger partial charge is 0.326 e. The van der Waals surface area contributed by atoms with Gasteiger partial charge in [0.15, 0.2) is 0 Å². The molecular formula is C10H14N4O3. The summed E-state index contributed by atoms with van der Waals surface area (Å²) in [6, 6.07) is -0.682. The Labute approximate surface area is 98.0 Å². The standard InChI is InChI=1S/C10H14N4O3/c11-13-12-4-6-3-8(15)14(5-6)9(10(16)17)7-1-2-7/h6-7,9H,1-5H2,(H,16,17). The van der Waals surface area contributed by atoms with Gasteiger partial charge in [0.2, 0.25) is 5.91 Å². The molecule has 0 bridgehead atoms. The van der Waals surface area contributed by atoms with Gasteiger partial charge in [-0.15, -0.1) is 0 Å². The van der Waals surface area contributed by atoms with Crippen LogP contribution in [0.3, 0.4) is 0 Å². The van der Waals surface area contributed by atoms with Crippen LogP contribution in [-0.4, -0.2) is 41.0 Å². The number of aliphatic carboxylic acids is 1. The van der Waals surface area contributed by atoms with Gasteiger partial charge < -0.3 is 10.0 Å². The molecule has 7 nitrogen and oxygen atoms in total. The molecule has 0 aromatic carbocycles. The highest BCUT2D eigenvalue weighted by Gasteiger charge is 2.45. The summed E-state index contributed by atoms with van der Waals surface area (Å²) in [4.78, 5) is 27.0. The van der Waals surface area contributed by atoms with E-state index >= 15 is 0 Å². The highest BCUT2D eigenvalue weighted by Crippen LogP contribution is 2.37. The molecule has 1 aliphatic carbocycles. The van der Waals surface area contributed by atoms with Crippen molar-refractivity contribution in [2.75, 3.05) is 13.1 Å². The molecule has 0 spiro atoms. The Bertz CT molecular complexity index is 387. The van der Waals surface area contributed by atoms with E-state index < -0.39 is 12.0 Å². The van der Waals surface area contributed by atoms with Crippen molar-refractivity contribution in [3.63, 3.8) is 0 Å². The Kier molecular flexibility index (Phi) is 3.19. The first-order valence-electron chi connectivity index (χ1n) is 5.66.